The van der Waals surface area contributed by atoms with Gasteiger partial charge in [0.25, 0.3) is 0 Å². The van der Waals surface area contributed by atoms with Crippen molar-refractivity contribution in [2.45, 2.75) is 26.3 Å². The van der Waals surface area contributed by atoms with Crippen molar-refractivity contribution in [3.05, 3.63) is 58.8 Å². The number of rotatable bonds is 3. The van der Waals surface area contributed by atoms with Crippen LogP contribution >= 0.6 is 0 Å². The van der Waals surface area contributed by atoms with Gasteiger partial charge in [-0.25, -0.2) is 4.39 Å². The molecule has 2 nitrogen and oxygen atoms in total. The van der Waals surface area contributed by atoms with Crippen LogP contribution in [-0.2, 0) is 6.42 Å². The van der Waals surface area contributed by atoms with E-state index < -0.39 is 0 Å². The van der Waals surface area contributed by atoms with Crippen LogP contribution in [0.5, 0.6) is 0 Å². The van der Waals surface area contributed by atoms with Gasteiger partial charge in [-0.15, -0.1) is 0 Å². The molecule has 2 N–H and O–H groups in total. The molecular formula is C14H16FNO. The van der Waals surface area contributed by atoms with E-state index in [2.05, 4.69) is 0 Å². The van der Waals surface area contributed by atoms with Crippen molar-refractivity contribution in [3.8, 4) is 0 Å². The summed E-state index contributed by atoms with van der Waals surface area (Å²) in [5.74, 6) is 1.40. The molecule has 1 heterocycles. The first-order chi connectivity index (χ1) is 8.06. The Hall–Kier alpha value is -1.61. The van der Waals surface area contributed by atoms with Crippen LogP contribution in [0.15, 0.2) is 34.7 Å². The van der Waals surface area contributed by atoms with Gasteiger partial charge < -0.3 is 10.2 Å². The van der Waals surface area contributed by atoms with E-state index in [1.165, 1.54) is 12.1 Å². The molecule has 0 radical (unpaired) electrons. The lowest BCUT2D eigenvalue weighted by Gasteiger charge is -2.08. The lowest BCUT2D eigenvalue weighted by Crippen LogP contribution is -2.12. The number of nitrogens with two attached hydrogens (primary N) is 1. The highest BCUT2D eigenvalue weighted by Gasteiger charge is 2.13. The molecule has 1 unspecified atom stereocenters. The molecule has 2 aromatic rings. The summed E-state index contributed by atoms with van der Waals surface area (Å²) in [6.07, 6.45) is 0.574. The van der Waals surface area contributed by atoms with Gasteiger partial charge in [0.15, 0.2) is 0 Å². The van der Waals surface area contributed by atoms with Gasteiger partial charge in [-0.1, -0.05) is 12.1 Å². The zero-order valence-corrected chi connectivity index (χ0v) is 10.0. The molecule has 0 fully saturated rings. The third kappa shape index (κ3) is 2.74. The summed E-state index contributed by atoms with van der Waals surface area (Å²) in [5, 5.41) is 0. The SMILES string of the molecule is Cc1cc(C(N)Cc2cccc(F)c2)oc1C. The van der Waals surface area contributed by atoms with E-state index in [1.807, 2.05) is 26.0 Å². The molecule has 2 rings (SSSR count). The molecule has 0 bridgehead atoms. The summed E-state index contributed by atoms with van der Waals surface area (Å²) >= 11 is 0. The van der Waals surface area contributed by atoms with Gasteiger partial charge in [-0.2, -0.15) is 0 Å². The van der Waals surface area contributed by atoms with Gasteiger partial charge in [0.2, 0.25) is 0 Å². The summed E-state index contributed by atoms with van der Waals surface area (Å²) in [6.45, 7) is 3.89. The molecular weight excluding hydrogens is 217 g/mol. The second-order valence-electron chi connectivity index (χ2n) is 4.33. The maximum atomic E-state index is 13.0. The minimum absolute atomic E-state index is 0.232. The zero-order valence-electron chi connectivity index (χ0n) is 10.0. The number of hydrogen-bond donors (Lipinski definition) is 1. The molecule has 90 valence electrons. The molecule has 0 aliphatic carbocycles. The molecule has 0 aliphatic rings. The van der Waals surface area contributed by atoms with Gasteiger partial charge in [0.05, 0.1) is 6.04 Å². The first-order valence-corrected chi connectivity index (χ1v) is 5.63. The fourth-order valence-corrected chi connectivity index (χ4v) is 1.80. The highest BCUT2D eigenvalue weighted by Crippen LogP contribution is 2.21. The number of benzene rings is 1. The Morgan fingerprint density at radius 2 is 2.06 bits per heavy atom. The van der Waals surface area contributed by atoms with E-state index in [1.54, 1.807) is 6.07 Å². The number of aryl methyl sites for hydroxylation is 2. The Kier molecular flexibility index (Phi) is 3.29. The zero-order chi connectivity index (χ0) is 12.4. The predicted molar refractivity (Wildman–Crippen MR) is 65.2 cm³/mol. The van der Waals surface area contributed by atoms with Gasteiger partial charge >= 0.3 is 0 Å². The van der Waals surface area contributed by atoms with Crippen LogP contribution in [0.4, 0.5) is 4.39 Å². The monoisotopic (exact) mass is 233 g/mol. The smallest absolute Gasteiger partial charge is 0.123 e. The van der Waals surface area contributed by atoms with E-state index in [4.69, 9.17) is 10.2 Å². The fourth-order valence-electron chi connectivity index (χ4n) is 1.80. The van der Waals surface area contributed by atoms with Crippen LogP contribution in [0.25, 0.3) is 0 Å². The molecule has 3 heteroatoms. The Labute approximate surface area is 100 Å². The minimum atomic E-state index is -0.235. The second kappa shape index (κ2) is 4.72. The average Bonchev–Trinajstić information content (AvgIpc) is 2.59. The third-order valence-corrected chi connectivity index (χ3v) is 2.90. The van der Waals surface area contributed by atoms with E-state index in [-0.39, 0.29) is 11.9 Å². The van der Waals surface area contributed by atoms with Gasteiger partial charge in [-0.3, -0.25) is 0 Å². The number of furan rings is 1. The summed E-state index contributed by atoms with van der Waals surface area (Å²) in [4.78, 5) is 0. The van der Waals surface area contributed by atoms with Crippen LogP contribution in [0.1, 0.15) is 28.7 Å². The summed E-state index contributed by atoms with van der Waals surface area (Å²) in [7, 11) is 0. The standard InChI is InChI=1S/C14H16FNO/c1-9-6-14(17-10(9)2)13(16)8-11-4-3-5-12(15)7-11/h3-7,13H,8,16H2,1-2H3. The van der Waals surface area contributed by atoms with Gasteiger partial charge in [-0.05, 0) is 49.6 Å². The van der Waals surface area contributed by atoms with Crippen molar-refractivity contribution in [3.63, 3.8) is 0 Å². The van der Waals surface area contributed by atoms with Crippen LogP contribution in [-0.4, -0.2) is 0 Å². The van der Waals surface area contributed by atoms with Crippen molar-refractivity contribution in [1.82, 2.24) is 0 Å². The van der Waals surface area contributed by atoms with Crippen molar-refractivity contribution in [1.29, 1.82) is 0 Å². The molecule has 0 saturated heterocycles. The Bertz CT molecular complexity index is 499. The highest BCUT2D eigenvalue weighted by molar-refractivity contribution is 5.23. The van der Waals surface area contributed by atoms with E-state index in [9.17, 15) is 4.39 Å². The number of halogens is 1. The maximum absolute atomic E-state index is 13.0. The third-order valence-electron chi connectivity index (χ3n) is 2.90. The van der Waals surface area contributed by atoms with E-state index >= 15 is 0 Å². The first-order valence-electron chi connectivity index (χ1n) is 5.63. The van der Waals surface area contributed by atoms with Crippen molar-refractivity contribution in [2.75, 3.05) is 0 Å². The van der Waals surface area contributed by atoms with Crippen LogP contribution in [0.2, 0.25) is 0 Å². The van der Waals surface area contributed by atoms with Crippen molar-refractivity contribution < 1.29 is 8.81 Å². The molecule has 0 spiro atoms. The van der Waals surface area contributed by atoms with Crippen LogP contribution in [0.3, 0.4) is 0 Å². The normalized spacial score (nSPS) is 12.7. The molecule has 1 atom stereocenters. The highest BCUT2D eigenvalue weighted by atomic mass is 19.1. The predicted octanol–water partition coefficient (Wildman–Crippen LogP) is 3.28. The minimum Gasteiger partial charge on any atom is -0.464 e. The van der Waals surface area contributed by atoms with Crippen molar-refractivity contribution in [2.24, 2.45) is 5.73 Å². The molecule has 0 amide bonds. The van der Waals surface area contributed by atoms with Gasteiger partial charge in [0.1, 0.15) is 17.3 Å². The van der Waals surface area contributed by atoms with Crippen LogP contribution in [0, 0.1) is 19.7 Å². The Morgan fingerprint density at radius 3 is 2.65 bits per heavy atom. The fraction of sp³-hybridized carbons (Fsp3) is 0.286. The lowest BCUT2D eigenvalue weighted by atomic mass is 10.0. The summed E-state index contributed by atoms with van der Waals surface area (Å²) in [5.41, 5.74) is 8.01. The summed E-state index contributed by atoms with van der Waals surface area (Å²) < 4.78 is 18.6. The van der Waals surface area contributed by atoms with E-state index in [0.717, 1.165) is 22.6 Å². The topological polar surface area (TPSA) is 39.2 Å². The maximum Gasteiger partial charge on any atom is 0.123 e. The molecule has 0 aliphatic heterocycles. The summed E-state index contributed by atoms with van der Waals surface area (Å²) in [6, 6.07) is 8.20. The Morgan fingerprint density at radius 1 is 1.29 bits per heavy atom. The molecule has 1 aromatic heterocycles. The number of hydrogen-bond acceptors (Lipinski definition) is 2. The Balaban J connectivity index is 2.14. The van der Waals surface area contributed by atoms with Crippen LogP contribution < -0.4 is 5.73 Å². The second-order valence-corrected chi connectivity index (χ2v) is 4.33. The lowest BCUT2D eigenvalue weighted by molar-refractivity contribution is 0.443. The first kappa shape index (κ1) is 11.9. The van der Waals surface area contributed by atoms with Crippen molar-refractivity contribution >= 4 is 0 Å². The quantitative estimate of drug-likeness (QED) is 0.883. The molecule has 1 aromatic carbocycles. The largest absolute Gasteiger partial charge is 0.464 e. The molecule has 0 saturated carbocycles. The van der Waals surface area contributed by atoms with E-state index in [0.29, 0.717) is 6.42 Å². The van der Waals surface area contributed by atoms with Gasteiger partial charge in [0, 0.05) is 0 Å². The molecule has 17 heavy (non-hydrogen) atoms. The average molecular weight is 233 g/mol.